The van der Waals surface area contributed by atoms with Gasteiger partial charge < -0.3 is 10.5 Å². The largest absolute Gasteiger partial charge is 0.465 e. The molecule has 48 valence electrons. The summed E-state index contributed by atoms with van der Waals surface area (Å²) in [6.45, 7) is 0. The van der Waals surface area contributed by atoms with E-state index in [0.717, 1.165) is 0 Å². The normalized spacial score (nSPS) is 12.9. The summed E-state index contributed by atoms with van der Waals surface area (Å²) >= 11 is 5.26. The predicted octanol–water partition coefficient (Wildman–Crippen LogP) is -0.991. The van der Waals surface area contributed by atoms with Crippen molar-refractivity contribution in [3.63, 3.8) is 0 Å². The number of rotatable bonds is 2. The molecule has 0 aliphatic rings. The lowest BCUT2D eigenvalue weighted by Gasteiger charge is -1.98. The summed E-state index contributed by atoms with van der Waals surface area (Å²) in [6, 6.07) is -0.429. The maximum atomic E-state index is 10.4. The van der Waals surface area contributed by atoms with Crippen LogP contribution in [-0.4, -0.2) is 25.0 Å². The average Bonchev–Trinajstić information content (AvgIpc) is 1.84. The van der Waals surface area contributed by atoms with Crippen LogP contribution >= 0.6 is 11.6 Å². The van der Waals surface area contributed by atoms with Crippen molar-refractivity contribution in [2.45, 2.75) is 6.04 Å². The molecule has 0 aromatic heterocycles. The van der Waals surface area contributed by atoms with Crippen molar-refractivity contribution < 1.29 is 15.3 Å². The Labute approximate surface area is 52.8 Å². The number of carbonyl (C=O) groups is 1. The van der Waals surface area contributed by atoms with Gasteiger partial charge in [-0.1, -0.05) is 0 Å². The maximum Gasteiger partial charge on any atom is 0.365 e. The number of methoxy groups -OCH3 is 1. The molecule has 4 heteroatoms. The third-order valence-electron chi connectivity index (χ3n) is 0.721. The SMILES string of the molecule is COC(=O)[C@@H]([NH3+])CCl. The Morgan fingerprint density at radius 3 is 2.62 bits per heavy atom. The van der Waals surface area contributed by atoms with Gasteiger partial charge in [0.05, 0.1) is 13.0 Å². The number of esters is 1. The first-order valence-corrected chi connectivity index (χ1v) is 2.72. The number of alkyl halides is 1. The van der Waals surface area contributed by atoms with E-state index in [9.17, 15) is 4.79 Å². The highest BCUT2D eigenvalue weighted by molar-refractivity contribution is 6.19. The molecular formula is C4H9ClNO2+. The van der Waals surface area contributed by atoms with Crippen molar-refractivity contribution in [3.05, 3.63) is 0 Å². The molecule has 0 saturated heterocycles. The fraction of sp³-hybridized carbons (Fsp3) is 0.750. The van der Waals surface area contributed by atoms with Gasteiger partial charge in [-0.15, -0.1) is 11.6 Å². The van der Waals surface area contributed by atoms with Crippen LogP contribution in [0.3, 0.4) is 0 Å². The van der Waals surface area contributed by atoms with Crippen molar-refractivity contribution in [1.82, 2.24) is 0 Å². The standard InChI is InChI=1S/C4H8ClNO2/c1-8-4(7)3(6)2-5/h3H,2,6H2,1H3/p+1/t3-/m0/s1. The number of halogens is 1. The van der Waals surface area contributed by atoms with Crippen LogP contribution in [0.4, 0.5) is 0 Å². The number of hydrogen-bond donors (Lipinski definition) is 1. The number of quaternary nitrogens is 1. The maximum absolute atomic E-state index is 10.4. The van der Waals surface area contributed by atoms with Gasteiger partial charge in [0.15, 0.2) is 6.04 Å². The Morgan fingerprint density at radius 1 is 2.00 bits per heavy atom. The minimum absolute atomic E-state index is 0.215. The highest BCUT2D eigenvalue weighted by Crippen LogP contribution is 1.83. The van der Waals surface area contributed by atoms with E-state index in [1.54, 1.807) is 0 Å². The molecule has 0 aromatic carbocycles. The minimum Gasteiger partial charge on any atom is -0.465 e. The summed E-state index contributed by atoms with van der Waals surface area (Å²) in [5.74, 6) is -0.146. The zero-order chi connectivity index (χ0) is 6.57. The summed E-state index contributed by atoms with van der Waals surface area (Å²) in [5.41, 5.74) is 3.42. The van der Waals surface area contributed by atoms with E-state index in [1.807, 2.05) is 0 Å². The summed E-state index contributed by atoms with van der Waals surface area (Å²) in [4.78, 5) is 10.4. The summed E-state index contributed by atoms with van der Waals surface area (Å²) in [7, 11) is 1.31. The molecule has 0 aliphatic heterocycles. The Hall–Kier alpha value is -0.280. The van der Waals surface area contributed by atoms with Gasteiger partial charge in [0, 0.05) is 0 Å². The first-order chi connectivity index (χ1) is 3.72. The van der Waals surface area contributed by atoms with Crippen LogP contribution in [0, 0.1) is 0 Å². The van der Waals surface area contributed by atoms with Gasteiger partial charge in [0.1, 0.15) is 0 Å². The van der Waals surface area contributed by atoms with E-state index < -0.39 is 6.04 Å². The van der Waals surface area contributed by atoms with Crippen LogP contribution in [-0.2, 0) is 9.53 Å². The molecule has 0 unspecified atom stereocenters. The molecule has 3 N–H and O–H groups in total. The van der Waals surface area contributed by atoms with Crippen LogP contribution in [0.1, 0.15) is 0 Å². The smallest absolute Gasteiger partial charge is 0.365 e. The van der Waals surface area contributed by atoms with Crippen molar-refractivity contribution in [3.8, 4) is 0 Å². The number of carbonyl (C=O) groups excluding carboxylic acids is 1. The van der Waals surface area contributed by atoms with Crippen LogP contribution in [0.2, 0.25) is 0 Å². The van der Waals surface area contributed by atoms with Crippen molar-refractivity contribution in [1.29, 1.82) is 0 Å². The van der Waals surface area contributed by atoms with E-state index in [4.69, 9.17) is 11.6 Å². The monoisotopic (exact) mass is 138 g/mol. The second-order valence-electron chi connectivity index (χ2n) is 1.37. The van der Waals surface area contributed by atoms with E-state index >= 15 is 0 Å². The third kappa shape index (κ3) is 2.14. The summed E-state index contributed by atoms with van der Waals surface area (Å²) in [5, 5.41) is 0. The molecule has 0 aliphatic carbocycles. The summed E-state index contributed by atoms with van der Waals surface area (Å²) < 4.78 is 4.32. The third-order valence-corrected chi connectivity index (χ3v) is 1.09. The second kappa shape index (κ2) is 3.69. The fourth-order valence-corrected chi connectivity index (χ4v) is 0.356. The highest BCUT2D eigenvalue weighted by atomic mass is 35.5. The Bertz CT molecular complexity index is 86.1. The fourth-order valence-electron chi connectivity index (χ4n) is 0.230. The lowest BCUT2D eigenvalue weighted by Crippen LogP contribution is -2.66. The lowest BCUT2D eigenvalue weighted by atomic mass is 10.4. The topological polar surface area (TPSA) is 53.9 Å². The Balaban J connectivity index is 3.46. The zero-order valence-corrected chi connectivity index (χ0v) is 5.44. The van der Waals surface area contributed by atoms with E-state index in [1.165, 1.54) is 7.11 Å². The quantitative estimate of drug-likeness (QED) is 0.394. The first-order valence-electron chi connectivity index (χ1n) is 2.19. The molecule has 1 atom stereocenters. The van der Waals surface area contributed by atoms with E-state index in [-0.39, 0.29) is 11.8 Å². The molecule has 0 fully saturated rings. The molecule has 0 rings (SSSR count). The van der Waals surface area contributed by atoms with Crippen LogP contribution < -0.4 is 5.73 Å². The molecule has 0 bridgehead atoms. The molecule has 0 heterocycles. The van der Waals surface area contributed by atoms with Crippen molar-refractivity contribution in [2.75, 3.05) is 13.0 Å². The molecule has 0 saturated carbocycles. The lowest BCUT2D eigenvalue weighted by molar-refractivity contribution is -0.401. The van der Waals surface area contributed by atoms with Crippen LogP contribution in [0.15, 0.2) is 0 Å². The van der Waals surface area contributed by atoms with Gasteiger partial charge in [-0.3, -0.25) is 0 Å². The van der Waals surface area contributed by atoms with Gasteiger partial charge in [0.2, 0.25) is 0 Å². The van der Waals surface area contributed by atoms with Gasteiger partial charge in [-0.05, 0) is 0 Å². The van der Waals surface area contributed by atoms with Gasteiger partial charge in [-0.25, -0.2) is 4.79 Å². The Morgan fingerprint density at radius 2 is 2.50 bits per heavy atom. The minimum atomic E-state index is -0.429. The average molecular weight is 139 g/mol. The second-order valence-corrected chi connectivity index (χ2v) is 1.68. The highest BCUT2D eigenvalue weighted by Gasteiger charge is 2.14. The van der Waals surface area contributed by atoms with Crippen molar-refractivity contribution >= 4 is 17.6 Å². The van der Waals surface area contributed by atoms with Crippen LogP contribution in [0.25, 0.3) is 0 Å². The Kier molecular flexibility index (Phi) is 3.56. The van der Waals surface area contributed by atoms with Crippen LogP contribution in [0.5, 0.6) is 0 Å². The van der Waals surface area contributed by atoms with Crippen molar-refractivity contribution in [2.24, 2.45) is 0 Å². The molecule has 0 radical (unpaired) electrons. The molecular weight excluding hydrogens is 130 g/mol. The summed E-state index contributed by atoms with van der Waals surface area (Å²) in [6.07, 6.45) is 0. The number of ether oxygens (including phenoxy) is 1. The molecule has 8 heavy (non-hydrogen) atoms. The number of hydrogen-bond acceptors (Lipinski definition) is 2. The van der Waals surface area contributed by atoms with Gasteiger partial charge in [-0.2, -0.15) is 0 Å². The predicted molar refractivity (Wildman–Crippen MR) is 29.4 cm³/mol. The van der Waals surface area contributed by atoms with Gasteiger partial charge in [0.25, 0.3) is 0 Å². The zero-order valence-electron chi connectivity index (χ0n) is 4.69. The molecule has 0 amide bonds. The molecule has 3 nitrogen and oxygen atoms in total. The van der Waals surface area contributed by atoms with E-state index in [0.29, 0.717) is 0 Å². The molecule has 0 aromatic rings. The van der Waals surface area contributed by atoms with Gasteiger partial charge >= 0.3 is 5.97 Å². The first kappa shape index (κ1) is 7.72. The van der Waals surface area contributed by atoms with E-state index in [2.05, 4.69) is 10.5 Å². The molecule has 0 spiro atoms.